The zero-order chi connectivity index (χ0) is 14.2. The van der Waals surface area contributed by atoms with E-state index in [1.165, 1.54) is 0 Å². The van der Waals surface area contributed by atoms with Crippen molar-refractivity contribution in [3.63, 3.8) is 0 Å². The van der Waals surface area contributed by atoms with Crippen LogP contribution in [-0.4, -0.2) is 11.2 Å². The Labute approximate surface area is 119 Å². The highest BCUT2D eigenvalue weighted by atomic mass is 14.7. The van der Waals surface area contributed by atoms with Crippen LogP contribution in [0.1, 0.15) is 12.6 Å². The molecule has 1 heterocycles. The Morgan fingerprint density at radius 2 is 2.30 bits per heavy atom. The van der Waals surface area contributed by atoms with Gasteiger partial charge in [0.05, 0.1) is 11.4 Å². The van der Waals surface area contributed by atoms with Crippen molar-refractivity contribution >= 4 is 11.8 Å². The first kappa shape index (κ1) is 13.7. The number of allylic oxidation sites excluding steroid dienone is 6. The lowest BCUT2D eigenvalue weighted by Gasteiger charge is -2.03. The summed E-state index contributed by atoms with van der Waals surface area (Å²) in [5.41, 5.74) is 6.66. The molecule has 0 aliphatic heterocycles. The van der Waals surface area contributed by atoms with Crippen LogP contribution in [0.2, 0.25) is 0 Å². The van der Waals surface area contributed by atoms with Crippen molar-refractivity contribution < 1.29 is 0 Å². The number of hydrogen-bond donors (Lipinski definition) is 0. The summed E-state index contributed by atoms with van der Waals surface area (Å²) in [5.74, 6) is 0. The van der Waals surface area contributed by atoms with Gasteiger partial charge >= 0.3 is 0 Å². The van der Waals surface area contributed by atoms with Crippen LogP contribution in [0.5, 0.6) is 0 Å². The standard InChI is InChI=1S/C18H16N2/c1-3-4-12-19-15(2)16-9-5-6-10-17(14-16)18-11-7-8-13-20-18/h3-4,6-14H,2H2,1H3/b4-3-,19-12?. The third-order valence-corrected chi connectivity index (χ3v) is 2.71. The molecule has 2 heteroatoms. The van der Waals surface area contributed by atoms with Gasteiger partial charge in [-0.3, -0.25) is 9.98 Å². The molecular weight excluding hydrogens is 244 g/mol. The van der Waals surface area contributed by atoms with Crippen LogP contribution in [0, 0.1) is 0 Å². The Balaban J connectivity index is 2.30. The quantitative estimate of drug-likeness (QED) is 0.586. The van der Waals surface area contributed by atoms with Gasteiger partial charge in [0.15, 0.2) is 0 Å². The lowest BCUT2D eigenvalue weighted by atomic mass is 10.1. The number of nitrogens with zero attached hydrogens (tertiary/aromatic N) is 2. The second-order valence-corrected chi connectivity index (χ2v) is 4.16. The van der Waals surface area contributed by atoms with E-state index in [1.54, 1.807) is 12.4 Å². The highest BCUT2D eigenvalue weighted by Crippen LogP contribution is 2.21. The molecule has 0 atom stereocenters. The fourth-order valence-corrected chi connectivity index (χ4v) is 1.69. The van der Waals surface area contributed by atoms with Gasteiger partial charge in [-0.25, -0.2) is 0 Å². The lowest BCUT2D eigenvalue weighted by Crippen LogP contribution is -1.88. The topological polar surface area (TPSA) is 25.2 Å². The smallest absolute Gasteiger partial charge is 0.0702 e. The molecular formula is C18H16N2. The van der Waals surface area contributed by atoms with Crippen molar-refractivity contribution in [2.45, 2.75) is 6.92 Å². The Kier molecular flexibility index (Phi) is 4.82. The van der Waals surface area contributed by atoms with Gasteiger partial charge in [0.1, 0.15) is 0 Å². The maximum absolute atomic E-state index is 4.36. The summed E-state index contributed by atoms with van der Waals surface area (Å²) in [4.78, 5) is 8.66. The molecule has 2 nitrogen and oxygen atoms in total. The number of aromatic nitrogens is 1. The molecule has 2 rings (SSSR count). The number of pyridine rings is 1. The SMILES string of the molecule is C=C(N=C/C=C\C)C1=CC(c2ccccn2)=CC=C=C1. The Morgan fingerprint density at radius 3 is 3.05 bits per heavy atom. The molecule has 0 amide bonds. The minimum atomic E-state index is 0.702. The van der Waals surface area contributed by atoms with Gasteiger partial charge < -0.3 is 0 Å². The lowest BCUT2D eigenvalue weighted by molar-refractivity contribution is 1.28. The average Bonchev–Trinajstić information content (AvgIpc) is 2.74. The molecule has 0 N–H and O–H groups in total. The molecule has 0 aromatic carbocycles. The fourth-order valence-electron chi connectivity index (χ4n) is 1.69. The normalized spacial score (nSPS) is 14.4. The van der Waals surface area contributed by atoms with Gasteiger partial charge in [0.25, 0.3) is 0 Å². The van der Waals surface area contributed by atoms with E-state index in [0.717, 1.165) is 16.8 Å². The van der Waals surface area contributed by atoms with Gasteiger partial charge in [-0.1, -0.05) is 18.7 Å². The largest absolute Gasteiger partial charge is 0.257 e. The zero-order valence-electron chi connectivity index (χ0n) is 11.5. The van der Waals surface area contributed by atoms with Crippen molar-refractivity contribution in [1.82, 2.24) is 4.98 Å². The van der Waals surface area contributed by atoms with Crippen LogP contribution in [0.4, 0.5) is 0 Å². The highest BCUT2D eigenvalue weighted by molar-refractivity contribution is 5.77. The molecule has 1 aromatic heterocycles. The van der Waals surface area contributed by atoms with E-state index in [9.17, 15) is 0 Å². The van der Waals surface area contributed by atoms with E-state index in [1.807, 2.05) is 61.6 Å². The van der Waals surface area contributed by atoms with Crippen molar-refractivity contribution in [1.29, 1.82) is 0 Å². The number of rotatable bonds is 4. The van der Waals surface area contributed by atoms with Crippen LogP contribution >= 0.6 is 0 Å². The molecule has 0 fully saturated rings. The predicted octanol–water partition coefficient (Wildman–Crippen LogP) is 4.28. The molecule has 20 heavy (non-hydrogen) atoms. The summed E-state index contributed by atoms with van der Waals surface area (Å²) >= 11 is 0. The minimum Gasteiger partial charge on any atom is -0.257 e. The first-order chi connectivity index (χ1) is 9.81. The summed E-state index contributed by atoms with van der Waals surface area (Å²) < 4.78 is 0. The Morgan fingerprint density at radius 1 is 1.40 bits per heavy atom. The van der Waals surface area contributed by atoms with Crippen LogP contribution in [0.25, 0.3) is 5.57 Å². The van der Waals surface area contributed by atoms with Crippen LogP contribution in [-0.2, 0) is 0 Å². The maximum Gasteiger partial charge on any atom is 0.0702 e. The van der Waals surface area contributed by atoms with Gasteiger partial charge in [0, 0.05) is 23.6 Å². The average molecular weight is 260 g/mol. The second kappa shape index (κ2) is 7.03. The predicted molar refractivity (Wildman–Crippen MR) is 85.4 cm³/mol. The Bertz CT molecular complexity index is 665. The molecule has 1 aliphatic carbocycles. The second-order valence-electron chi connectivity index (χ2n) is 4.16. The van der Waals surface area contributed by atoms with Crippen LogP contribution in [0.3, 0.4) is 0 Å². The number of aliphatic imine (C=N–C) groups is 1. The molecule has 0 saturated carbocycles. The monoisotopic (exact) mass is 260 g/mol. The molecule has 0 spiro atoms. The molecule has 0 radical (unpaired) electrons. The van der Waals surface area contributed by atoms with Gasteiger partial charge in [-0.15, -0.1) is 5.73 Å². The summed E-state index contributed by atoms with van der Waals surface area (Å²) in [5, 5.41) is 0. The van der Waals surface area contributed by atoms with Crippen molar-refractivity contribution in [3.8, 4) is 0 Å². The molecule has 1 aromatic rings. The first-order valence-corrected chi connectivity index (χ1v) is 6.42. The summed E-state index contributed by atoms with van der Waals surface area (Å²) in [6, 6.07) is 5.85. The number of hydrogen-bond acceptors (Lipinski definition) is 2. The van der Waals surface area contributed by atoms with E-state index in [0.29, 0.717) is 5.70 Å². The van der Waals surface area contributed by atoms with E-state index in [4.69, 9.17) is 0 Å². The van der Waals surface area contributed by atoms with Crippen LogP contribution < -0.4 is 0 Å². The Hall–Kier alpha value is -2.70. The molecule has 0 bridgehead atoms. The van der Waals surface area contributed by atoms with E-state index in [2.05, 4.69) is 22.3 Å². The molecule has 1 aliphatic rings. The van der Waals surface area contributed by atoms with Gasteiger partial charge in [0.2, 0.25) is 0 Å². The van der Waals surface area contributed by atoms with Crippen molar-refractivity contribution in [2.24, 2.45) is 4.99 Å². The third-order valence-electron chi connectivity index (χ3n) is 2.71. The van der Waals surface area contributed by atoms with E-state index < -0.39 is 0 Å². The van der Waals surface area contributed by atoms with Gasteiger partial charge in [-0.05, 0) is 49.4 Å². The van der Waals surface area contributed by atoms with Gasteiger partial charge in [-0.2, -0.15) is 0 Å². The molecule has 0 saturated heterocycles. The molecule has 98 valence electrons. The zero-order valence-corrected chi connectivity index (χ0v) is 11.5. The highest BCUT2D eigenvalue weighted by Gasteiger charge is 2.04. The fraction of sp³-hybridized carbons (Fsp3) is 0.0556. The third kappa shape index (κ3) is 3.64. The first-order valence-electron chi connectivity index (χ1n) is 6.42. The van der Waals surface area contributed by atoms with Crippen LogP contribution in [0.15, 0.2) is 89.4 Å². The molecule has 0 unspecified atom stereocenters. The van der Waals surface area contributed by atoms with E-state index >= 15 is 0 Å². The summed E-state index contributed by atoms with van der Waals surface area (Å²) in [6.45, 7) is 5.94. The van der Waals surface area contributed by atoms with E-state index in [-0.39, 0.29) is 0 Å². The van der Waals surface area contributed by atoms with Crippen molar-refractivity contribution in [3.05, 3.63) is 90.1 Å². The minimum absolute atomic E-state index is 0.702. The summed E-state index contributed by atoms with van der Waals surface area (Å²) in [7, 11) is 0. The van der Waals surface area contributed by atoms with Crippen molar-refractivity contribution in [2.75, 3.05) is 0 Å². The maximum atomic E-state index is 4.36. The summed E-state index contributed by atoms with van der Waals surface area (Å²) in [6.07, 6.45) is 15.1.